The Kier molecular flexibility index (Phi) is 6.68. The Morgan fingerprint density at radius 3 is 2.52 bits per heavy atom. The summed E-state index contributed by atoms with van der Waals surface area (Å²) < 4.78 is 13.4. The van der Waals surface area contributed by atoms with Crippen LogP contribution in [0.1, 0.15) is 56.2 Å². The molecule has 0 aliphatic heterocycles. The van der Waals surface area contributed by atoms with Crippen molar-refractivity contribution in [1.29, 1.82) is 0 Å². The quantitative estimate of drug-likeness (QED) is 0.350. The smallest absolute Gasteiger partial charge is 0.162 e. The summed E-state index contributed by atoms with van der Waals surface area (Å²) in [6, 6.07) is 14.0. The van der Waals surface area contributed by atoms with Gasteiger partial charge in [0.05, 0.1) is 6.10 Å². The van der Waals surface area contributed by atoms with E-state index in [9.17, 15) is 14.3 Å². The largest absolute Gasteiger partial charge is 0.393 e. The van der Waals surface area contributed by atoms with Gasteiger partial charge in [-0.15, -0.1) is 6.58 Å². The Hall–Kier alpha value is -2.96. The monoisotopic (exact) mass is 442 g/mol. The van der Waals surface area contributed by atoms with Gasteiger partial charge in [-0.25, -0.2) is 4.39 Å². The predicted molar refractivity (Wildman–Crippen MR) is 131 cm³/mol. The third-order valence-electron chi connectivity index (χ3n) is 7.76. The summed E-state index contributed by atoms with van der Waals surface area (Å²) in [5.74, 6) is 5.94. The van der Waals surface area contributed by atoms with Gasteiger partial charge in [-0.2, -0.15) is 0 Å². The van der Waals surface area contributed by atoms with Gasteiger partial charge >= 0.3 is 0 Å². The maximum absolute atomic E-state index is 13.4. The first-order valence-corrected chi connectivity index (χ1v) is 11.8. The molecule has 2 saturated carbocycles. The third kappa shape index (κ3) is 4.33. The van der Waals surface area contributed by atoms with Crippen molar-refractivity contribution in [3.05, 3.63) is 89.3 Å². The van der Waals surface area contributed by atoms with E-state index in [2.05, 4.69) is 25.3 Å². The number of rotatable bonds is 3. The average Bonchev–Trinajstić information content (AvgIpc) is 2.81. The number of aliphatic hydroxyl groups excluding tert-OH is 1. The number of hydrogen-bond acceptors (Lipinski definition) is 2. The number of benzene rings is 2. The molecule has 2 aromatic carbocycles. The lowest BCUT2D eigenvalue weighted by molar-refractivity contribution is -0.143. The molecule has 0 saturated heterocycles. The molecular formula is C30H31FO2. The first-order chi connectivity index (χ1) is 15.9. The molecule has 2 fully saturated rings. The van der Waals surface area contributed by atoms with E-state index < -0.39 is 6.10 Å². The van der Waals surface area contributed by atoms with Gasteiger partial charge in [-0.3, -0.25) is 4.79 Å². The summed E-state index contributed by atoms with van der Waals surface area (Å²) in [5.41, 5.74) is 2.74. The molecule has 2 nitrogen and oxygen atoms in total. The van der Waals surface area contributed by atoms with Crippen molar-refractivity contribution in [3.8, 4) is 11.8 Å². The normalized spacial score (nSPS) is 30.3. The SMILES string of the molecule is C=CC[C@]12C(CCC[C@@H]1O)C(C)C(=O)C(=Cc1cccc(C#Cc3cccc(F)c3)c1)[C@@H]2C. The van der Waals surface area contributed by atoms with Gasteiger partial charge in [0.1, 0.15) is 5.82 Å². The zero-order chi connectivity index (χ0) is 23.6. The molecule has 2 unspecified atom stereocenters. The van der Waals surface area contributed by atoms with Crippen molar-refractivity contribution in [1.82, 2.24) is 0 Å². The fraction of sp³-hybridized carbons (Fsp3) is 0.367. The van der Waals surface area contributed by atoms with E-state index in [4.69, 9.17) is 0 Å². The molecule has 170 valence electrons. The highest BCUT2D eigenvalue weighted by atomic mass is 19.1. The van der Waals surface area contributed by atoms with E-state index >= 15 is 0 Å². The zero-order valence-electron chi connectivity index (χ0n) is 19.4. The number of fused-ring (bicyclic) bond motifs is 1. The molecule has 33 heavy (non-hydrogen) atoms. The van der Waals surface area contributed by atoms with Crippen molar-refractivity contribution in [2.75, 3.05) is 0 Å². The Morgan fingerprint density at radius 2 is 1.82 bits per heavy atom. The fourth-order valence-corrected chi connectivity index (χ4v) is 6.10. The van der Waals surface area contributed by atoms with Crippen LogP contribution in [-0.4, -0.2) is 17.0 Å². The lowest BCUT2D eigenvalue weighted by atomic mass is 9.48. The third-order valence-corrected chi connectivity index (χ3v) is 7.76. The van der Waals surface area contributed by atoms with E-state index in [1.54, 1.807) is 12.1 Å². The molecule has 5 atom stereocenters. The highest BCUT2D eigenvalue weighted by Gasteiger charge is 2.57. The maximum atomic E-state index is 13.4. The van der Waals surface area contributed by atoms with Crippen LogP contribution in [-0.2, 0) is 4.79 Å². The lowest BCUT2D eigenvalue weighted by Crippen LogP contribution is -2.57. The number of hydrogen-bond donors (Lipinski definition) is 1. The maximum Gasteiger partial charge on any atom is 0.162 e. The molecule has 0 radical (unpaired) electrons. The molecule has 2 aromatic rings. The summed E-state index contributed by atoms with van der Waals surface area (Å²) in [6.07, 6.45) is 6.84. The molecule has 0 amide bonds. The second-order valence-electron chi connectivity index (χ2n) is 9.52. The van der Waals surface area contributed by atoms with Crippen LogP contribution in [0.15, 0.2) is 66.8 Å². The summed E-state index contributed by atoms with van der Waals surface area (Å²) in [5, 5.41) is 11.2. The Balaban J connectivity index is 1.70. The molecule has 0 bridgehead atoms. The summed E-state index contributed by atoms with van der Waals surface area (Å²) in [7, 11) is 0. The van der Waals surface area contributed by atoms with Gasteiger partial charge in [-0.1, -0.05) is 56.4 Å². The van der Waals surface area contributed by atoms with E-state index in [1.807, 2.05) is 43.3 Å². The second-order valence-corrected chi connectivity index (χ2v) is 9.52. The van der Waals surface area contributed by atoms with Crippen LogP contribution in [0.4, 0.5) is 4.39 Å². The van der Waals surface area contributed by atoms with Crippen molar-refractivity contribution >= 4 is 11.9 Å². The van der Waals surface area contributed by atoms with Crippen LogP contribution in [0, 0.1) is 40.8 Å². The number of carbonyl (C=O) groups is 1. The predicted octanol–water partition coefficient (Wildman–Crippen LogP) is 6.19. The molecule has 0 aromatic heterocycles. The van der Waals surface area contributed by atoms with Gasteiger partial charge in [0.2, 0.25) is 0 Å². The van der Waals surface area contributed by atoms with E-state index in [0.717, 1.165) is 36.0 Å². The van der Waals surface area contributed by atoms with Crippen molar-refractivity contribution in [3.63, 3.8) is 0 Å². The number of aliphatic hydroxyl groups is 1. The minimum atomic E-state index is -0.438. The average molecular weight is 443 g/mol. The minimum absolute atomic E-state index is 0.0680. The molecule has 4 rings (SSSR count). The van der Waals surface area contributed by atoms with Gasteiger partial charge in [0.15, 0.2) is 5.78 Å². The summed E-state index contributed by atoms with van der Waals surface area (Å²) >= 11 is 0. The molecule has 0 heterocycles. The van der Waals surface area contributed by atoms with Crippen LogP contribution < -0.4 is 0 Å². The van der Waals surface area contributed by atoms with Crippen LogP contribution in [0.5, 0.6) is 0 Å². The first-order valence-electron chi connectivity index (χ1n) is 11.8. The molecule has 2 aliphatic carbocycles. The van der Waals surface area contributed by atoms with Crippen LogP contribution in [0.2, 0.25) is 0 Å². The summed E-state index contributed by atoms with van der Waals surface area (Å²) in [4.78, 5) is 13.4. The Bertz CT molecular complexity index is 1150. The van der Waals surface area contributed by atoms with Crippen LogP contribution in [0.3, 0.4) is 0 Å². The first kappa shape index (κ1) is 23.2. The number of carbonyl (C=O) groups excluding carboxylic acids is 1. The number of ketones is 1. The standard InChI is InChI=1S/C30H31FO2/c1-4-16-30-21(3)26(29(33)20(2)27(30)12-7-13-28(30)32)19-24-10-5-8-22(17-24)14-15-23-9-6-11-25(31)18-23/h4-6,8-11,17-21,27-28,32H,1,7,12-13,16H2,2-3H3/t20?,21-,27?,28-,30-/m0/s1. The van der Waals surface area contributed by atoms with E-state index in [1.165, 1.54) is 12.1 Å². The molecule has 3 heteroatoms. The highest BCUT2D eigenvalue weighted by Crippen LogP contribution is 2.58. The van der Waals surface area contributed by atoms with E-state index in [-0.39, 0.29) is 34.8 Å². The minimum Gasteiger partial charge on any atom is -0.393 e. The van der Waals surface area contributed by atoms with Gasteiger partial charge < -0.3 is 5.11 Å². The van der Waals surface area contributed by atoms with Crippen LogP contribution >= 0.6 is 0 Å². The number of allylic oxidation sites excluding steroid dienone is 2. The molecule has 1 N–H and O–H groups in total. The van der Waals surface area contributed by atoms with Gasteiger partial charge in [0, 0.05) is 22.5 Å². The topological polar surface area (TPSA) is 37.3 Å². The Morgan fingerprint density at radius 1 is 1.12 bits per heavy atom. The number of halogens is 1. The van der Waals surface area contributed by atoms with Crippen molar-refractivity contribution < 1.29 is 14.3 Å². The summed E-state index contributed by atoms with van der Waals surface area (Å²) in [6.45, 7) is 8.08. The number of Topliss-reactive ketones (excluding diaryl/α,β-unsaturated/α-hetero) is 1. The lowest BCUT2D eigenvalue weighted by Gasteiger charge is -2.56. The van der Waals surface area contributed by atoms with Crippen molar-refractivity contribution in [2.45, 2.75) is 45.6 Å². The second kappa shape index (κ2) is 9.49. The highest BCUT2D eigenvalue weighted by molar-refractivity contribution is 6.02. The Labute approximate surface area is 196 Å². The van der Waals surface area contributed by atoms with Crippen molar-refractivity contribution in [2.24, 2.45) is 23.2 Å². The van der Waals surface area contributed by atoms with Gasteiger partial charge in [0.25, 0.3) is 0 Å². The van der Waals surface area contributed by atoms with E-state index in [0.29, 0.717) is 12.0 Å². The van der Waals surface area contributed by atoms with Gasteiger partial charge in [-0.05, 0) is 78.6 Å². The molecular weight excluding hydrogens is 411 g/mol. The molecule has 2 aliphatic rings. The zero-order valence-corrected chi connectivity index (χ0v) is 19.4. The molecule has 0 spiro atoms. The fourth-order valence-electron chi connectivity index (χ4n) is 6.10. The van der Waals surface area contributed by atoms with Crippen LogP contribution in [0.25, 0.3) is 6.08 Å².